The number of nitrogens with two attached hydrogens (primary N) is 1. The molecule has 2 amide bonds. The van der Waals surface area contributed by atoms with Gasteiger partial charge in [0.15, 0.2) is 17.7 Å². The first-order chi connectivity index (χ1) is 28.1. The molecule has 3 heterocycles. The fourth-order valence-electron chi connectivity index (χ4n) is 5.27. The van der Waals surface area contributed by atoms with Gasteiger partial charge in [-0.05, 0) is 31.8 Å². The van der Waals surface area contributed by atoms with Crippen LogP contribution in [0.25, 0.3) is 11.2 Å². The van der Waals surface area contributed by atoms with E-state index in [4.69, 9.17) is 19.5 Å². The molecule has 1 fully saturated rings. The van der Waals surface area contributed by atoms with E-state index in [9.17, 15) is 57.9 Å². The number of unbranched alkanes of at least 4 members (excludes halogenated alkanes) is 3. The third-order valence-electron chi connectivity index (χ3n) is 8.36. The number of anilines is 1. The van der Waals surface area contributed by atoms with Crippen LogP contribution in [0.15, 0.2) is 37.0 Å². The third-order valence-corrected chi connectivity index (χ3v) is 12.3. The van der Waals surface area contributed by atoms with Crippen LogP contribution in [-0.4, -0.2) is 123 Å². The molecule has 1 aliphatic heterocycles. The smallest absolute Gasteiger partial charge is 0.386 e. The minimum Gasteiger partial charge on any atom is -0.386 e. The molecule has 0 aliphatic carbocycles. The number of phosphoric acid groups is 3. The first-order valence-corrected chi connectivity index (χ1v) is 23.9. The Balaban J connectivity index is 1.42. The third kappa shape index (κ3) is 17.1. The molecule has 0 saturated carbocycles. The van der Waals surface area contributed by atoms with Crippen molar-refractivity contribution >= 4 is 69.1 Å². The van der Waals surface area contributed by atoms with Gasteiger partial charge in [0.05, 0.1) is 19.5 Å². The molecule has 0 spiro atoms. The second kappa shape index (κ2) is 23.5. The molecule has 2 aromatic heterocycles. The maximum Gasteiger partial charge on any atom is 0.481 e. The van der Waals surface area contributed by atoms with Crippen LogP contribution in [0.3, 0.4) is 0 Å². The number of ether oxygens (including phenoxy) is 1. The summed E-state index contributed by atoms with van der Waals surface area (Å²) in [5.41, 5.74) is 4.26. The average molecular weight is 932 g/mol. The van der Waals surface area contributed by atoms with E-state index < -0.39 is 84.6 Å². The number of allylic oxidation sites excluding steroid dienone is 3. The van der Waals surface area contributed by atoms with Crippen molar-refractivity contribution < 1.29 is 80.5 Å². The Labute approximate surface area is 349 Å². The summed E-state index contributed by atoms with van der Waals surface area (Å²) in [6.45, 7) is 2.60. The lowest BCUT2D eigenvalue weighted by atomic mass is 9.87. The van der Waals surface area contributed by atoms with E-state index in [1.807, 2.05) is 6.08 Å². The predicted molar refractivity (Wildman–Crippen MR) is 214 cm³/mol. The number of carbonyl (C=O) groups is 3. The van der Waals surface area contributed by atoms with Crippen LogP contribution in [0.2, 0.25) is 0 Å². The molecule has 10 N–H and O–H groups in total. The number of amides is 2. The van der Waals surface area contributed by atoms with Gasteiger partial charge in [0, 0.05) is 30.7 Å². The number of nitrogen functional groups attached to an aromatic ring is 1. The lowest BCUT2D eigenvalue weighted by molar-refractivity contribution is -0.137. The van der Waals surface area contributed by atoms with Gasteiger partial charge in [0.2, 0.25) is 16.9 Å². The summed E-state index contributed by atoms with van der Waals surface area (Å²) in [5.74, 6) is -1.13. The van der Waals surface area contributed by atoms with E-state index in [1.165, 1.54) is 19.9 Å². The molecule has 60 heavy (non-hydrogen) atoms. The van der Waals surface area contributed by atoms with Gasteiger partial charge in [-0.3, -0.25) is 32.5 Å². The first kappa shape index (κ1) is 51.4. The Bertz CT molecular complexity index is 1960. The zero-order valence-corrected chi connectivity index (χ0v) is 36.4. The molecule has 0 bridgehead atoms. The zero-order chi connectivity index (χ0) is 44.7. The van der Waals surface area contributed by atoms with Gasteiger partial charge in [-0.2, -0.15) is 4.31 Å². The number of aliphatic hydroxyl groups excluding tert-OH is 2. The second-order valence-corrected chi connectivity index (χ2v) is 19.2. The first-order valence-electron chi connectivity index (χ1n) is 18.4. The van der Waals surface area contributed by atoms with Gasteiger partial charge in [-0.15, -0.1) is 0 Å². The molecule has 3 rings (SSSR count). The van der Waals surface area contributed by atoms with E-state index >= 15 is 0 Å². The number of carbonyl (C=O) groups excluding carboxylic acids is 3. The highest BCUT2D eigenvalue weighted by Crippen LogP contribution is 2.61. The van der Waals surface area contributed by atoms with Crippen molar-refractivity contribution in [3.05, 3.63) is 37.0 Å². The Morgan fingerprint density at radius 3 is 2.40 bits per heavy atom. The molecule has 24 nitrogen and oxygen atoms in total. The van der Waals surface area contributed by atoms with E-state index in [0.29, 0.717) is 5.75 Å². The van der Waals surface area contributed by atoms with Crippen LogP contribution in [-0.2, 0) is 50.7 Å². The molecule has 7 unspecified atom stereocenters. The largest absolute Gasteiger partial charge is 0.481 e. The minimum absolute atomic E-state index is 0.0304. The van der Waals surface area contributed by atoms with Crippen molar-refractivity contribution in [2.45, 2.75) is 89.9 Å². The number of hydrogen-bond donors (Lipinski definition) is 9. The zero-order valence-electron chi connectivity index (χ0n) is 32.9. The molecule has 338 valence electrons. The van der Waals surface area contributed by atoms with Gasteiger partial charge in [0.1, 0.15) is 36.3 Å². The second-order valence-electron chi connectivity index (χ2n) is 13.8. The van der Waals surface area contributed by atoms with Crippen LogP contribution >= 0.6 is 35.2 Å². The molecule has 2 aromatic rings. The number of fused-ring (bicyclic) bond motifs is 1. The molecule has 28 heteroatoms. The fourth-order valence-corrected chi connectivity index (χ4v) is 8.69. The fraction of sp³-hybridized carbons (Fsp3) is 0.625. The Morgan fingerprint density at radius 2 is 1.70 bits per heavy atom. The highest BCUT2D eigenvalue weighted by atomic mass is 32.2. The van der Waals surface area contributed by atoms with Gasteiger partial charge in [0.25, 0.3) is 0 Å². The number of rotatable bonds is 26. The Hall–Kier alpha value is -2.96. The Morgan fingerprint density at radius 1 is 1.02 bits per heavy atom. The molecule has 0 aromatic carbocycles. The van der Waals surface area contributed by atoms with Gasteiger partial charge in [-0.1, -0.05) is 57.2 Å². The lowest BCUT2D eigenvalue weighted by Gasteiger charge is -2.30. The average Bonchev–Trinajstić information content (AvgIpc) is 3.72. The highest BCUT2D eigenvalue weighted by molar-refractivity contribution is 8.14. The van der Waals surface area contributed by atoms with Crippen molar-refractivity contribution in [3.8, 4) is 0 Å². The quantitative estimate of drug-likeness (QED) is 0.0281. The summed E-state index contributed by atoms with van der Waals surface area (Å²) in [4.78, 5) is 87.8. The molecule has 0 radical (unpaired) electrons. The number of nitrogens with one attached hydrogen (secondary N) is 2. The van der Waals surface area contributed by atoms with Crippen molar-refractivity contribution in [2.24, 2.45) is 5.41 Å². The number of aromatic nitrogens is 4. The number of phosphoric ester groups is 3. The predicted octanol–water partition coefficient (Wildman–Crippen LogP) is 1.75. The van der Waals surface area contributed by atoms with Crippen LogP contribution in [0.1, 0.15) is 65.5 Å². The van der Waals surface area contributed by atoms with Crippen molar-refractivity contribution in [2.75, 3.05) is 37.8 Å². The van der Waals surface area contributed by atoms with Crippen LogP contribution in [0.5, 0.6) is 0 Å². The van der Waals surface area contributed by atoms with Crippen molar-refractivity contribution in [1.82, 2.24) is 30.2 Å². The van der Waals surface area contributed by atoms with E-state index in [0.717, 1.165) is 61.1 Å². The topological polar surface area (TPSA) is 364 Å². The van der Waals surface area contributed by atoms with E-state index in [-0.39, 0.29) is 41.6 Å². The maximum absolute atomic E-state index is 12.7. The van der Waals surface area contributed by atoms with Crippen molar-refractivity contribution in [3.63, 3.8) is 0 Å². The molecule has 1 aliphatic rings. The van der Waals surface area contributed by atoms with Crippen LogP contribution < -0.4 is 16.4 Å². The summed E-state index contributed by atoms with van der Waals surface area (Å²) in [7, 11) is -16.4. The number of aliphatic hydroxyl groups is 2. The van der Waals surface area contributed by atoms with E-state index in [2.05, 4.69) is 53.5 Å². The van der Waals surface area contributed by atoms with E-state index in [1.54, 1.807) is 0 Å². The number of imidazole rings is 1. The summed E-state index contributed by atoms with van der Waals surface area (Å²) in [6, 6.07) is 0. The molecule has 7 atom stereocenters. The molecule has 1 saturated heterocycles. The monoisotopic (exact) mass is 931 g/mol. The van der Waals surface area contributed by atoms with Crippen molar-refractivity contribution in [1.29, 1.82) is 0 Å². The number of hydrogen-bond acceptors (Lipinski definition) is 18. The summed E-state index contributed by atoms with van der Waals surface area (Å²) in [6.07, 6.45) is 5.50. The SMILES string of the molecule is CCC/C=C/CCC/C=C/C(=O)SCCNC(=O)CCNC(=O)C(O)C(C)(C)COP(=O)(O)OP(=O)(O)OCC1OC(n2cnc3c(N)ncnc32)C(O)C1OP(=O)(O)O. The highest BCUT2D eigenvalue weighted by Gasteiger charge is 2.50. The minimum atomic E-state index is -5.57. The normalized spacial score (nSPS) is 21.3. The molecular weight excluding hydrogens is 879 g/mol. The summed E-state index contributed by atoms with van der Waals surface area (Å²) >= 11 is 1.04. The summed E-state index contributed by atoms with van der Waals surface area (Å²) < 4.78 is 62.2. The van der Waals surface area contributed by atoms with Gasteiger partial charge < -0.3 is 50.9 Å². The van der Waals surface area contributed by atoms with Gasteiger partial charge >= 0.3 is 23.5 Å². The Kier molecular flexibility index (Phi) is 20.1. The lowest BCUT2D eigenvalue weighted by Crippen LogP contribution is -2.46. The van der Waals surface area contributed by atoms with Crippen LogP contribution in [0, 0.1) is 5.41 Å². The molecular formula is C32H52N7O17P3S. The maximum atomic E-state index is 12.7. The number of thioether (sulfide) groups is 1. The standard InChI is InChI=1S/C32H52N7O17P3S/c1-4-5-6-7-8-9-10-11-12-23(41)60-16-15-34-22(40)13-14-35-30(44)27(43)32(2,3)18-53-59(50,51)56-58(48,49)52-17-21-26(55-57(45,46)47)25(42)31(54-21)39-20-38-24-28(33)36-19-37-29(24)39/h6-7,11-12,19-21,25-27,31,42-43H,4-5,8-10,13-18H2,1-3H3,(H,34,40)(H,35,44)(H,48,49)(H,50,51)(H2,33,36,37)(H2,45,46,47)/b7-6+,12-11+. The number of nitrogens with zero attached hydrogens (tertiary/aromatic N) is 4. The summed E-state index contributed by atoms with van der Waals surface area (Å²) in [5, 5.41) is 26.3. The van der Waals surface area contributed by atoms with Gasteiger partial charge in [-0.25, -0.2) is 28.6 Å². The van der Waals surface area contributed by atoms with Crippen LogP contribution in [0.4, 0.5) is 5.82 Å².